The molecule has 1 aliphatic rings. The normalized spacial score (nSPS) is 22.4. The van der Waals surface area contributed by atoms with Crippen LogP contribution in [0.2, 0.25) is 5.02 Å². The van der Waals surface area contributed by atoms with Crippen molar-refractivity contribution in [2.75, 3.05) is 6.61 Å². The van der Waals surface area contributed by atoms with E-state index in [4.69, 9.17) is 21.1 Å². The van der Waals surface area contributed by atoms with E-state index in [1.807, 2.05) is 57.3 Å². The van der Waals surface area contributed by atoms with E-state index in [1.54, 1.807) is 23.2 Å². The lowest BCUT2D eigenvalue weighted by molar-refractivity contribution is -0.181. The van der Waals surface area contributed by atoms with Gasteiger partial charge >= 0.3 is 0 Å². The number of hydrogen-bond donors (Lipinski definition) is 3. The largest absolute Gasteiger partial charge is 0.439 e. The number of benzene rings is 2. The Kier molecular flexibility index (Phi) is 8.88. The van der Waals surface area contributed by atoms with Gasteiger partial charge in [0.2, 0.25) is 5.88 Å². The van der Waals surface area contributed by atoms with Crippen molar-refractivity contribution in [2.24, 2.45) is 7.05 Å². The number of hydrogen-bond acceptors (Lipinski definition) is 6. The zero-order chi connectivity index (χ0) is 24.0. The number of imidazole rings is 1. The monoisotopic (exact) mass is 474 g/mol. The van der Waals surface area contributed by atoms with Gasteiger partial charge in [0.25, 0.3) is 0 Å². The fourth-order valence-electron chi connectivity index (χ4n) is 3.71. The van der Waals surface area contributed by atoms with Crippen molar-refractivity contribution >= 4 is 11.6 Å². The second-order valence-corrected chi connectivity index (χ2v) is 8.16. The highest BCUT2D eigenvalue weighted by Crippen LogP contribution is 2.34. The molecule has 0 saturated carbocycles. The lowest BCUT2D eigenvalue weighted by Crippen LogP contribution is -2.47. The van der Waals surface area contributed by atoms with E-state index in [-0.39, 0.29) is 13.0 Å². The molecule has 33 heavy (non-hydrogen) atoms. The van der Waals surface area contributed by atoms with Gasteiger partial charge in [0.15, 0.2) is 0 Å². The van der Waals surface area contributed by atoms with E-state index < -0.39 is 24.4 Å². The fourth-order valence-corrected chi connectivity index (χ4v) is 3.89. The highest BCUT2D eigenvalue weighted by atomic mass is 35.5. The van der Waals surface area contributed by atoms with Crippen LogP contribution in [0.5, 0.6) is 11.6 Å². The van der Waals surface area contributed by atoms with E-state index in [9.17, 15) is 15.3 Å². The summed E-state index contributed by atoms with van der Waals surface area (Å²) in [5.74, 6) is 1.37. The molecule has 1 aliphatic heterocycles. The predicted molar refractivity (Wildman–Crippen MR) is 127 cm³/mol. The molecule has 2 aromatic carbocycles. The van der Waals surface area contributed by atoms with Crippen molar-refractivity contribution in [1.29, 1.82) is 0 Å². The highest BCUT2D eigenvalue weighted by Gasteiger charge is 2.37. The van der Waals surface area contributed by atoms with Gasteiger partial charge in [-0.3, -0.25) is 0 Å². The molecule has 2 heterocycles. The first-order valence-electron chi connectivity index (χ1n) is 11.1. The molecule has 0 radical (unpaired) electrons. The Hall–Kier alpha value is -2.42. The lowest BCUT2D eigenvalue weighted by atomic mass is 9.92. The van der Waals surface area contributed by atoms with Crippen molar-refractivity contribution in [3.8, 4) is 11.6 Å². The summed E-state index contributed by atoms with van der Waals surface area (Å²) in [7, 11) is 1.87. The van der Waals surface area contributed by atoms with Gasteiger partial charge in [-0.2, -0.15) is 0 Å². The van der Waals surface area contributed by atoms with Crippen LogP contribution in [-0.4, -0.2) is 49.8 Å². The number of ether oxygens (including phenoxy) is 2. The smallest absolute Gasteiger partial charge is 0.219 e. The summed E-state index contributed by atoms with van der Waals surface area (Å²) < 4.78 is 13.4. The van der Waals surface area contributed by atoms with Crippen molar-refractivity contribution < 1.29 is 24.8 Å². The number of aliphatic hydroxyl groups excluding tert-OH is 3. The molecule has 4 rings (SSSR count). The summed E-state index contributed by atoms with van der Waals surface area (Å²) in [6.45, 7) is 3.64. The molecule has 7 nitrogen and oxygen atoms in total. The SMILES string of the molecule is CC.Cn1cncc1Oc1ccc(Cc2cc([C@H]3C[C@@H](O)[C@H](O)[C@@H](CO)O3)ccc2Cl)cc1. The third-order valence-corrected chi connectivity index (χ3v) is 5.87. The molecule has 0 aliphatic carbocycles. The lowest BCUT2D eigenvalue weighted by Gasteiger charge is -2.36. The molecule has 0 bridgehead atoms. The molecule has 4 atom stereocenters. The van der Waals surface area contributed by atoms with Gasteiger partial charge in [0.05, 0.1) is 31.3 Å². The number of aryl methyl sites for hydroxylation is 1. The highest BCUT2D eigenvalue weighted by molar-refractivity contribution is 6.31. The Morgan fingerprint density at radius 3 is 2.52 bits per heavy atom. The average molecular weight is 475 g/mol. The summed E-state index contributed by atoms with van der Waals surface area (Å²) in [5, 5.41) is 30.1. The summed E-state index contributed by atoms with van der Waals surface area (Å²) in [6.07, 6.45) is 0.892. The second kappa shape index (κ2) is 11.6. The summed E-state index contributed by atoms with van der Waals surface area (Å²) >= 11 is 6.43. The zero-order valence-electron chi connectivity index (χ0n) is 19.1. The van der Waals surface area contributed by atoms with Gasteiger partial charge in [0, 0.05) is 18.5 Å². The Labute approximate surface area is 199 Å². The summed E-state index contributed by atoms with van der Waals surface area (Å²) in [5.41, 5.74) is 2.83. The van der Waals surface area contributed by atoms with Crippen LogP contribution in [0.25, 0.3) is 0 Å². The van der Waals surface area contributed by atoms with E-state index in [1.165, 1.54) is 0 Å². The molecule has 0 unspecified atom stereocenters. The maximum Gasteiger partial charge on any atom is 0.219 e. The Morgan fingerprint density at radius 1 is 1.15 bits per heavy atom. The summed E-state index contributed by atoms with van der Waals surface area (Å²) in [4.78, 5) is 4.04. The molecule has 8 heteroatoms. The molecule has 3 aromatic rings. The van der Waals surface area contributed by atoms with Gasteiger partial charge in [-0.25, -0.2) is 4.98 Å². The van der Waals surface area contributed by atoms with Crippen LogP contribution < -0.4 is 4.74 Å². The third-order valence-electron chi connectivity index (χ3n) is 5.50. The van der Waals surface area contributed by atoms with Crippen molar-refractivity contribution in [2.45, 2.75) is 51.1 Å². The quantitative estimate of drug-likeness (QED) is 0.499. The van der Waals surface area contributed by atoms with Gasteiger partial charge in [-0.05, 0) is 41.3 Å². The van der Waals surface area contributed by atoms with Crippen LogP contribution in [0.15, 0.2) is 55.0 Å². The maximum atomic E-state index is 10.1. The van der Waals surface area contributed by atoms with E-state index in [2.05, 4.69) is 4.98 Å². The molecule has 0 spiro atoms. The molecular formula is C25H31ClN2O5. The van der Waals surface area contributed by atoms with E-state index >= 15 is 0 Å². The standard InChI is InChI=1S/C23H25ClN2O5.C2H6/c1-26-13-25-11-22(26)30-17-5-2-14(3-6-17)8-16-9-15(4-7-18(16)24)20-10-19(28)23(29)21(12-27)31-20;1-2/h2-7,9,11,13,19-21,23,27-29H,8,10,12H2,1H3;1-2H3/t19-,20-,21-,23+;/m1./s1. The fraction of sp³-hybridized carbons (Fsp3) is 0.400. The van der Waals surface area contributed by atoms with Gasteiger partial charge < -0.3 is 29.4 Å². The first-order valence-corrected chi connectivity index (χ1v) is 11.5. The molecule has 1 aromatic heterocycles. The Bertz CT molecular complexity index is 1020. The molecule has 178 valence electrons. The van der Waals surface area contributed by atoms with Crippen molar-refractivity contribution in [3.63, 3.8) is 0 Å². The third kappa shape index (κ3) is 6.13. The van der Waals surface area contributed by atoms with Crippen LogP contribution in [0.3, 0.4) is 0 Å². The molecule has 1 fully saturated rings. The topological polar surface area (TPSA) is 97.0 Å². The van der Waals surface area contributed by atoms with Crippen molar-refractivity contribution in [1.82, 2.24) is 9.55 Å². The first-order chi connectivity index (χ1) is 15.9. The number of aliphatic hydroxyl groups is 3. The van der Waals surface area contributed by atoms with Crippen LogP contribution in [0.4, 0.5) is 0 Å². The minimum absolute atomic E-state index is 0.249. The minimum Gasteiger partial charge on any atom is -0.439 e. The van der Waals surface area contributed by atoms with Crippen LogP contribution >= 0.6 is 11.6 Å². The molecule has 3 N–H and O–H groups in total. The van der Waals surface area contributed by atoms with Crippen LogP contribution in [0, 0.1) is 0 Å². The molecule has 0 amide bonds. The van der Waals surface area contributed by atoms with Crippen LogP contribution in [0.1, 0.15) is 43.1 Å². The minimum atomic E-state index is -1.10. The Balaban J connectivity index is 0.00000149. The summed E-state index contributed by atoms with van der Waals surface area (Å²) in [6, 6.07) is 13.4. The molecule has 1 saturated heterocycles. The maximum absolute atomic E-state index is 10.1. The predicted octanol–water partition coefficient (Wildman–Crippen LogP) is 4.03. The van der Waals surface area contributed by atoms with E-state index in [0.29, 0.717) is 23.1 Å². The number of halogens is 1. The van der Waals surface area contributed by atoms with Gasteiger partial charge in [-0.15, -0.1) is 0 Å². The number of rotatable bonds is 6. The van der Waals surface area contributed by atoms with Crippen molar-refractivity contribution in [3.05, 3.63) is 76.7 Å². The van der Waals surface area contributed by atoms with Gasteiger partial charge in [0.1, 0.15) is 18.0 Å². The zero-order valence-corrected chi connectivity index (χ0v) is 19.8. The molecular weight excluding hydrogens is 444 g/mol. The van der Waals surface area contributed by atoms with Crippen LogP contribution in [-0.2, 0) is 18.2 Å². The first kappa shape index (κ1) is 25.2. The number of nitrogens with zero attached hydrogens (tertiary/aromatic N) is 2. The van der Waals surface area contributed by atoms with Gasteiger partial charge in [-0.1, -0.05) is 49.7 Å². The van der Waals surface area contributed by atoms with E-state index in [0.717, 1.165) is 16.7 Å². The second-order valence-electron chi connectivity index (χ2n) is 7.76. The Morgan fingerprint density at radius 2 is 1.88 bits per heavy atom. The number of aromatic nitrogens is 2. The average Bonchev–Trinajstić information content (AvgIpc) is 3.23.